The van der Waals surface area contributed by atoms with E-state index in [1.165, 1.54) is 0 Å². The standard InChI is InChI=1S/C22H27N3O3/c1-4-24(5-2)18-11-9-17(10-12-18)23-22(27)16-13-21(26)25(15-16)19-7-6-8-20(14-19)28-3/h6-12,14,16H,4-5,13,15H2,1-3H3,(H,23,27). The van der Waals surface area contributed by atoms with Crippen LogP contribution in [0.4, 0.5) is 17.1 Å². The Balaban J connectivity index is 1.64. The van der Waals surface area contributed by atoms with Gasteiger partial charge < -0.3 is 19.9 Å². The molecule has 0 bridgehead atoms. The summed E-state index contributed by atoms with van der Waals surface area (Å²) < 4.78 is 5.22. The average Bonchev–Trinajstić information content (AvgIpc) is 3.12. The van der Waals surface area contributed by atoms with Crippen LogP contribution in [0.5, 0.6) is 5.75 Å². The molecule has 148 valence electrons. The predicted octanol–water partition coefficient (Wildman–Crippen LogP) is 3.53. The van der Waals surface area contributed by atoms with E-state index in [0.717, 1.165) is 30.2 Å². The number of methoxy groups -OCH3 is 1. The zero-order chi connectivity index (χ0) is 20.1. The number of anilines is 3. The summed E-state index contributed by atoms with van der Waals surface area (Å²) in [4.78, 5) is 29.0. The van der Waals surface area contributed by atoms with Gasteiger partial charge in [0.05, 0.1) is 13.0 Å². The first-order valence-corrected chi connectivity index (χ1v) is 9.66. The third kappa shape index (κ3) is 4.27. The van der Waals surface area contributed by atoms with Crippen molar-refractivity contribution >= 4 is 28.9 Å². The Bertz CT molecular complexity index is 831. The van der Waals surface area contributed by atoms with Crippen molar-refractivity contribution in [3.8, 4) is 5.75 Å². The summed E-state index contributed by atoms with van der Waals surface area (Å²) in [6, 6.07) is 15.2. The molecule has 0 aliphatic carbocycles. The second-order valence-corrected chi connectivity index (χ2v) is 6.82. The molecule has 1 aliphatic rings. The van der Waals surface area contributed by atoms with Gasteiger partial charge in [-0.15, -0.1) is 0 Å². The molecule has 1 fully saturated rings. The second kappa shape index (κ2) is 8.78. The lowest BCUT2D eigenvalue weighted by atomic mass is 10.1. The lowest BCUT2D eigenvalue weighted by molar-refractivity contribution is -0.122. The molecule has 0 aromatic heterocycles. The highest BCUT2D eigenvalue weighted by atomic mass is 16.5. The Morgan fingerprint density at radius 2 is 1.89 bits per heavy atom. The van der Waals surface area contributed by atoms with E-state index in [4.69, 9.17) is 4.74 Å². The van der Waals surface area contributed by atoms with Gasteiger partial charge in [-0.3, -0.25) is 9.59 Å². The number of amides is 2. The molecule has 3 rings (SSSR count). The minimum absolute atomic E-state index is 0.0507. The predicted molar refractivity (Wildman–Crippen MR) is 112 cm³/mol. The van der Waals surface area contributed by atoms with Crippen molar-refractivity contribution in [3.05, 3.63) is 48.5 Å². The van der Waals surface area contributed by atoms with Crippen molar-refractivity contribution in [2.75, 3.05) is 41.9 Å². The van der Waals surface area contributed by atoms with Crippen LogP contribution in [-0.4, -0.2) is 38.6 Å². The third-order valence-corrected chi connectivity index (χ3v) is 5.12. The first-order valence-electron chi connectivity index (χ1n) is 9.66. The lowest BCUT2D eigenvalue weighted by Gasteiger charge is -2.21. The zero-order valence-corrected chi connectivity index (χ0v) is 16.6. The molecule has 0 radical (unpaired) electrons. The molecule has 6 heteroatoms. The Labute approximate surface area is 166 Å². The quantitative estimate of drug-likeness (QED) is 0.797. The number of nitrogens with zero attached hydrogens (tertiary/aromatic N) is 2. The van der Waals surface area contributed by atoms with Gasteiger partial charge in [-0.2, -0.15) is 0 Å². The Hall–Kier alpha value is -3.02. The summed E-state index contributed by atoms with van der Waals surface area (Å²) in [7, 11) is 1.59. The maximum atomic E-state index is 12.7. The molecule has 1 heterocycles. The Morgan fingerprint density at radius 3 is 2.54 bits per heavy atom. The lowest BCUT2D eigenvalue weighted by Crippen LogP contribution is -2.28. The number of rotatable bonds is 7. The molecule has 1 unspecified atom stereocenters. The van der Waals surface area contributed by atoms with E-state index in [0.29, 0.717) is 12.3 Å². The first-order chi connectivity index (χ1) is 13.5. The Kier molecular flexibility index (Phi) is 6.19. The maximum absolute atomic E-state index is 12.7. The molecule has 1 N–H and O–H groups in total. The van der Waals surface area contributed by atoms with Gasteiger partial charge in [0.1, 0.15) is 5.75 Å². The number of benzene rings is 2. The zero-order valence-electron chi connectivity index (χ0n) is 16.6. The molecular weight excluding hydrogens is 354 g/mol. The monoisotopic (exact) mass is 381 g/mol. The van der Waals surface area contributed by atoms with E-state index in [2.05, 4.69) is 24.1 Å². The molecule has 1 atom stereocenters. The average molecular weight is 381 g/mol. The van der Waals surface area contributed by atoms with E-state index < -0.39 is 0 Å². The maximum Gasteiger partial charge on any atom is 0.229 e. The van der Waals surface area contributed by atoms with Crippen LogP contribution in [0.15, 0.2) is 48.5 Å². The van der Waals surface area contributed by atoms with Gasteiger partial charge in [0.15, 0.2) is 0 Å². The molecule has 0 spiro atoms. The number of hydrogen-bond acceptors (Lipinski definition) is 4. The van der Waals surface area contributed by atoms with E-state index in [1.807, 2.05) is 48.5 Å². The minimum Gasteiger partial charge on any atom is -0.497 e. The van der Waals surface area contributed by atoms with Crippen LogP contribution >= 0.6 is 0 Å². The number of nitrogens with one attached hydrogen (secondary N) is 1. The number of ether oxygens (including phenoxy) is 1. The van der Waals surface area contributed by atoms with Crippen LogP contribution in [0.2, 0.25) is 0 Å². The van der Waals surface area contributed by atoms with Crippen LogP contribution in [0.25, 0.3) is 0 Å². The number of carbonyl (C=O) groups excluding carboxylic acids is 2. The fourth-order valence-electron chi connectivity index (χ4n) is 3.50. The second-order valence-electron chi connectivity index (χ2n) is 6.82. The molecule has 1 saturated heterocycles. The van der Waals surface area contributed by atoms with Gasteiger partial charge >= 0.3 is 0 Å². The van der Waals surface area contributed by atoms with Crippen LogP contribution in [0, 0.1) is 5.92 Å². The molecule has 2 aromatic carbocycles. The highest BCUT2D eigenvalue weighted by Gasteiger charge is 2.35. The van der Waals surface area contributed by atoms with Crippen LogP contribution < -0.4 is 19.9 Å². The topological polar surface area (TPSA) is 61.9 Å². The smallest absolute Gasteiger partial charge is 0.229 e. The summed E-state index contributed by atoms with van der Waals surface area (Å²) in [6.45, 7) is 6.48. The van der Waals surface area contributed by atoms with E-state index >= 15 is 0 Å². The highest BCUT2D eigenvalue weighted by molar-refractivity contribution is 6.03. The first kappa shape index (κ1) is 19.7. The number of carbonyl (C=O) groups is 2. The van der Waals surface area contributed by atoms with Crippen LogP contribution in [0.3, 0.4) is 0 Å². The van der Waals surface area contributed by atoms with E-state index in [-0.39, 0.29) is 24.2 Å². The van der Waals surface area contributed by atoms with Crippen molar-refractivity contribution in [1.29, 1.82) is 0 Å². The Morgan fingerprint density at radius 1 is 1.18 bits per heavy atom. The van der Waals surface area contributed by atoms with E-state index in [1.54, 1.807) is 12.0 Å². The fourth-order valence-corrected chi connectivity index (χ4v) is 3.50. The molecule has 2 aromatic rings. The number of hydrogen-bond donors (Lipinski definition) is 1. The van der Waals surface area contributed by atoms with Gasteiger partial charge in [-0.25, -0.2) is 0 Å². The van der Waals surface area contributed by atoms with Crippen molar-refractivity contribution in [2.45, 2.75) is 20.3 Å². The minimum atomic E-state index is -0.374. The van der Waals surface area contributed by atoms with E-state index in [9.17, 15) is 9.59 Å². The van der Waals surface area contributed by atoms with Crippen LogP contribution in [0.1, 0.15) is 20.3 Å². The summed E-state index contributed by atoms with van der Waals surface area (Å²) >= 11 is 0. The summed E-state index contributed by atoms with van der Waals surface area (Å²) in [6.07, 6.45) is 0.209. The summed E-state index contributed by atoms with van der Waals surface area (Å²) in [5.41, 5.74) is 2.62. The molecule has 0 saturated carbocycles. The van der Waals surface area contributed by atoms with Gasteiger partial charge in [-0.1, -0.05) is 6.07 Å². The third-order valence-electron chi connectivity index (χ3n) is 5.12. The van der Waals surface area contributed by atoms with Gasteiger partial charge in [0.2, 0.25) is 11.8 Å². The van der Waals surface area contributed by atoms with Gasteiger partial charge in [0, 0.05) is 49.2 Å². The van der Waals surface area contributed by atoms with Gasteiger partial charge in [-0.05, 0) is 50.2 Å². The van der Waals surface area contributed by atoms with Crippen molar-refractivity contribution < 1.29 is 14.3 Å². The molecule has 28 heavy (non-hydrogen) atoms. The summed E-state index contributed by atoms with van der Waals surface area (Å²) in [5, 5.41) is 2.94. The van der Waals surface area contributed by atoms with Crippen molar-refractivity contribution in [1.82, 2.24) is 0 Å². The largest absolute Gasteiger partial charge is 0.497 e. The molecule has 2 amide bonds. The van der Waals surface area contributed by atoms with Crippen molar-refractivity contribution in [3.63, 3.8) is 0 Å². The molecule has 1 aliphatic heterocycles. The van der Waals surface area contributed by atoms with Crippen molar-refractivity contribution in [2.24, 2.45) is 5.92 Å². The fraction of sp³-hybridized carbons (Fsp3) is 0.364. The highest BCUT2D eigenvalue weighted by Crippen LogP contribution is 2.28. The summed E-state index contributed by atoms with van der Waals surface area (Å²) in [5.74, 6) is 0.132. The van der Waals surface area contributed by atoms with Gasteiger partial charge in [0.25, 0.3) is 0 Å². The van der Waals surface area contributed by atoms with Crippen LogP contribution in [-0.2, 0) is 9.59 Å². The SMILES string of the molecule is CCN(CC)c1ccc(NC(=O)C2CC(=O)N(c3cccc(OC)c3)C2)cc1. The molecule has 6 nitrogen and oxygen atoms in total. The molecular formula is C22H27N3O3. The normalized spacial score (nSPS) is 16.2.